The molecular formula is C15H33N3O2S. The quantitative estimate of drug-likeness (QED) is 0.708. The van der Waals surface area contributed by atoms with Gasteiger partial charge in [0, 0.05) is 25.7 Å². The van der Waals surface area contributed by atoms with Crippen molar-refractivity contribution in [2.75, 3.05) is 33.2 Å². The van der Waals surface area contributed by atoms with E-state index >= 15 is 0 Å². The minimum atomic E-state index is -3.32. The second kappa shape index (κ2) is 9.08. The smallest absolute Gasteiger partial charge is 0.282 e. The van der Waals surface area contributed by atoms with E-state index in [0.717, 1.165) is 38.6 Å². The Morgan fingerprint density at radius 1 is 1.38 bits per heavy atom. The molecule has 2 atom stereocenters. The average molecular weight is 320 g/mol. The Bertz CT molecular complexity index is 384. The Hall–Kier alpha value is -0.170. The van der Waals surface area contributed by atoms with Gasteiger partial charge >= 0.3 is 0 Å². The van der Waals surface area contributed by atoms with E-state index < -0.39 is 10.2 Å². The van der Waals surface area contributed by atoms with Crippen LogP contribution in [0.5, 0.6) is 0 Å². The number of nitrogens with zero attached hydrogens (tertiary/aromatic N) is 2. The number of nitrogens with one attached hydrogen (secondary N) is 1. The molecule has 0 saturated carbocycles. The fourth-order valence-corrected chi connectivity index (χ4v) is 4.94. The van der Waals surface area contributed by atoms with Gasteiger partial charge in [-0.1, -0.05) is 20.3 Å². The minimum absolute atomic E-state index is 0.0752. The SMILES string of the molecule is CCCCN(C(C)CC)S(=O)(=O)N1CCCC(CNC)C1. The van der Waals surface area contributed by atoms with Gasteiger partial charge in [0.25, 0.3) is 10.2 Å². The van der Waals surface area contributed by atoms with E-state index in [-0.39, 0.29) is 6.04 Å². The van der Waals surface area contributed by atoms with Crippen LogP contribution in [0.4, 0.5) is 0 Å². The number of hydrogen-bond acceptors (Lipinski definition) is 3. The lowest BCUT2D eigenvalue weighted by Crippen LogP contribution is -2.51. The molecule has 21 heavy (non-hydrogen) atoms. The number of piperidine rings is 1. The molecule has 0 aromatic carbocycles. The van der Waals surface area contributed by atoms with Gasteiger partial charge in [0.1, 0.15) is 0 Å². The van der Waals surface area contributed by atoms with Crippen molar-refractivity contribution in [2.24, 2.45) is 5.92 Å². The van der Waals surface area contributed by atoms with E-state index in [2.05, 4.69) is 19.2 Å². The molecule has 1 aliphatic heterocycles. The van der Waals surface area contributed by atoms with E-state index in [9.17, 15) is 8.42 Å². The molecule has 5 nitrogen and oxygen atoms in total. The Kier molecular flexibility index (Phi) is 8.16. The van der Waals surface area contributed by atoms with Crippen LogP contribution in [0.1, 0.15) is 52.9 Å². The second-order valence-corrected chi connectivity index (χ2v) is 8.03. The second-order valence-electron chi connectivity index (χ2n) is 6.15. The zero-order chi connectivity index (χ0) is 15.9. The molecule has 1 rings (SSSR count). The summed E-state index contributed by atoms with van der Waals surface area (Å²) in [4.78, 5) is 0. The lowest BCUT2D eigenvalue weighted by molar-refractivity contribution is 0.230. The molecule has 1 aliphatic rings. The molecule has 126 valence electrons. The fraction of sp³-hybridized carbons (Fsp3) is 1.00. The van der Waals surface area contributed by atoms with Crippen molar-refractivity contribution in [3.05, 3.63) is 0 Å². The maximum absolute atomic E-state index is 13.0. The molecular weight excluding hydrogens is 286 g/mol. The van der Waals surface area contributed by atoms with Crippen LogP contribution in [0.3, 0.4) is 0 Å². The summed E-state index contributed by atoms with van der Waals surface area (Å²) >= 11 is 0. The summed E-state index contributed by atoms with van der Waals surface area (Å²) in [6.07, 6.45) is 4.89. The highest BCUT2D eigenvalue weighted by Crippen LogP contribution is 2.23. The topological polar surface area (TPSA) is 52.7 Å². The van der Waals surface area contributed by atoms with Gasteiger partial charge in [0.2, 0.25) is 0 Å². The Labute approximate surface area is 131 Å². The molecule has 0 aromatic heterocycles. The summed E-state index contributed by atoms with van der Waals surface area (Å²) in [5.74, 6) is 0.434. The van der Waals surface area contributed by atoms with Gasteiger partial charge in [-0.3, -0.25) is 0 Å². The highest BCUT2D eigenvalue weighted by atomic mass is 32.2. The van der Waals surface area contributed by atoms with Crippen LogP contribution in [0.15, 0.2) is 0 Å². The van der Waals surface area contributed by atoms with Crippen molar-refractivity contribution in [1.82, 2.24) is 13.9 Å². The van der Waals surface area contributed by atoms with Crippen molar-refractivity contribution in [3.8, 4) is 0 Å². The average Bonchev–Trinajstić information content (AvgIpc) is 2.47. The maximum Gasteiger partial charge on any atom is 0.282 e. The first-order valence-electron chi connectivity index (χ1n) is 8.38. The molecule has 1 heterocycles. The molecule has 0 bridgehead atoms. The predicted octanol–water partition coefficient (Wildman–Crippen LogP) is 2.06. The normalized spacial score (nSPS) is 22.6. The van der Waals surface area contributed by atoms with E-state index in [0.29, 0.717) is 25.6 Å². The van der Waals surface area contributed by atoms with E-state index in [1.165, 1.54) is 0 Å². The Morgan fingerprint density at radius 2 is 2.10 bits per heavy atom. The Morgan fingerprint density at radius 3 is 2.67 bits per heavy atom. The summed E-state index contributed by atoms with van der Waals surface area (Å²) in [6.45, 7) is 9.03. The van der Waals surface area contributed by atoms with Crippen LogP contribution >= 0.6 is 0 Å². The first-order valence-corrected chi connectivity index (χ1v) is 9.78. The monoisotopic (exact) mass is 319 g/mol. The third kappa shape index (κ3) is 5.20. The van der Waals surface area contributed by atoms with E-state index in [1.54, 1.807) is 8.61 Å². The zero-order valence-electron chi connectivity index (χ0n) is 14.1. The zero-order valence-corrected chi connectivity index (χ0v) is 15.0. The molecule has 0 aliphatic carbocycles. The third-order valence-corrected chi connectivity index (χ3v) is 6.53. The number of hydrogen-bond donors (Lipinski definition) is 1. The molecule has 1 saturated heterocycles. The van der Waals surface area contributed by atoms with Crippen LogP contribution in [0.25, 0.3) is 0 Å². The van der Waals surface area contributed by atoms with Crippen LogP contribution in [-0.2, 0) is 10.2 Å². The summed E-state index contributed by atoms with van der Waals surface area (Å²) in [5.41, 5.74) is 0. The molecule has 1 fully saturated rings. The first kappa shape index (κ1) is 18.9. The van der Waals surface area contributed by atoms with Crippen LogP contribution in [-0.4, -0.2) is 56.3 Å². The Balaban J connectivity index is 2.83. The van der Waals surface area contributed by atoms with Gasteiger partial charge in [-0.05, 0) is 52.1 Å². The summed E-state index contributed by atoms with van der Waals surface area (Å²) < 4.78 is 29.4. The van der Waals surface area contributed by atoms with Gasteiger partial charge < -0.3 is 5.32 Å². The van der Waals surface area contributed by atoms with Gasteiger partial charge in [0.05, 0.1) is 0 Å². The van der Waals surface area contributed by atoms with Gasteiger partial charge in [0.15, 0.2) is 0 Å². The van der Waals surface area contributed by atoms with Gasteiger partial charge in [-0.2, -0.15) is 17.0 Å². The van der Waals surface area contributed by atoms with E-state index in [4.69, 9.17) is 0 Å². The molecule has 6 heteroatoms. The van der Waals surface area contributed by atoms with Crippen LogP contribution in [0, 0.1) is 5.92 Å². The van der Waals surface area contributed by atoms with Crippen molar-refractivity contribution >= 4 is 10.2 Å². The molecule has 0 spiro atoms. The fourth-order valence-electron chi connectivity index (χ4n) is 2.92. The standard InChI is InChI=1S/C15H33N3O2S/c1-5-7-11-18(14(3)6-2)21(19,20)17-10-8-9-15(13-17)12-16-4/h14-16H,5-13H2,1-4H3. The van der Waals surface area contributed by atoms with Crippen molar-refractivity contribution in [3.63, 3.8) is 0 Å². The summed E-state index contributed by atoms with van der Waals surface area (Å²) in [5, 5.41) is 3.17. The molecule has 2 unspecified atom stereocenters. The van der Waals surface area contributed by atoms with Crippen molar-refractivity contribution < 1.29 is 8.42 Å². The minimum Gasteiger partial charge on any atom is -0.319 e. The third-order valence-electron chi connectivity index (χ3n) is 4.41. The lowest BCUT2D eigenvalue weighted by atomic mass is 10.00. The van der Waals surface area contributed by atoms with Gasteiger partial charge in [-0.25, -0.2) is 0 Å². The van der Waals surface area contributed by atoms with Gasteiger partial charge in [-0.15, -0.1) is 0 Å². The summed E-state index contributed by atoms with van der Waals surface area (Å²) in [7, 11) is -1.39. The van der Waals surface area contributed by atoms with Crippen LogP contribution < -0.4 is 5.32 Å². The maximum atomic E-state index is 13.0. The largest absolute Gasteiger partial charge is 0.319 e. The molecule has 1 N–H and O–H groups in total. The first-order chi connectivity index (χ1) is 9.97. The highest BCUT2D eigenvalue weighted by Gasteiger charge is 2.35. The van der Waals surface area contributed by atoms with Crippen LogP contribution in [0.2, 0.25) is 0 Å². The van der Waals surface area contributed by atoms with E-state index in [1.807, 2.05) is 14.0 Å². The highest BCUT2D eigenvalue weighted by molar-refractivity contribution is 7.86. The predicted molar refractivity (Wildman–Crippen MR) is 88.5 cm³/mol. The lowest BCUT2D eigenvalue weighted by Gasteiger charge is -2.37. The number of rotatable bonds is 9. The van der Waals surface area contributed by atoms with Crippen molar-refractivity contribution in [2.45, 2.75) is 58.9 Å². The summed E-state index contributed by atoms with van der Waals surface area (Å²) in [6, 6.07) is 0.0752. The van der Waals surface area contributed by atoms with Crippen molar-refractivity contribution in [1.29, 1.82) is 0 Å². The molecule has 0 amide bonds. The molecule has 0 radical (unpaired) electrons. The molecule has 0 aromatic rings. The number of unbranched alkanes of at least 4 members (excludes halogenated alkanes) is 1.